The lowest BCUT2D eigenvalue weighted by atomic mass is 10.1. The molecule has 2 rings (SSSR count). The first-order chi connectivity index (χ1) is 8.08. The topological polar surface area (TPSA) is 66.4 Å². The molecule has 1 aliphatic rings. The average Bonchev–Trinajstić information content (AvgIpc) is 3.06. The van der Waals surface area contributed by atoms with Crippen molar-refractivity contribution >= 4 is 17.4 Å². The third-order valence-electron chi connectivity index (χ3n) is 3.10. The van der Waals surface area contributed by atoms with Crippen LogP contribution in [0.2, 0.25) is 0 Å². The summed E-state index contributed by atoms with van der Waals surface area (Å²) in [5.74, 6) is -0.604. The lowest BCUT2D eigenvalue weighted by Gasteiger charge is -2.05. The Labute approximate surface area is 99.6 Å². The third kappa shape index (κ3) is 2.84. The van der Waals surface area contributed by atoms with Gasteiger partial charge in [0.2, 0.25) is 0 Å². The highest BCUT2D eigenvalue weighted by atomic mass is 16.4. The lowest BCUT2D eigenvalue weighted by molar-refractivity contribution is -0.138. The second-order valence-electron chi connectivity index (χ2n) is 4.45. The number of carbonyl (C=O) groups excluding carboxylic acids is 1. The summed E-state index contributed by atoms with van der Waals surface area (Å²) in [5, 5.41) is 11.9. The molecule has 90 valence electrons. The smallest absolute Gasteiger partial charge is 0.306 e. The zero-order valence-corrected chi connectivity index (χ0v) is 9.64. The van der Waals surface area contributed by atoms with E-state index in [-0.39, 0.29) is 17.6 Å². The van der Waals surface area contributed by atoms with Gasteiger partial charge in [-0.25, -0.2) is 0 Å². The first-order valence-corrected chi connectivity index (χ1v) is 5.65. The molecular weight excluding hydrogens is 218 g/mol. The van der Waals surface area contributed by atoms with Crippen LogP contribution in [0.4, 0.5) is 5.69 Å². The Morgan fingerprint density at radius 2 is 2.00 bits per heavy atom. The summed E-state index contributed by atoms with van der Waals surface area (Å²) in [7, 11) is 0. The average molecular weight is 233 g/mol. The molecule has 0 radical (unpaired) electrons. The number of hydrogen-bond acceptors (Lipinski definition) is 3. The van der Waals surface area contributed by atoms with Gasteiger partial charge in [-0.1, -0.05) is 0 Å². The van der Waals surface area contributed by atoms with Crippen LogP contribution in [0.15, 0.2) is 24.3 Å². The van der Waals surface area contributed by atoms with Crippen molar-refractivity contribution < 1.29 is 14.7 Å². The number of nitrogens with one attached hydrogen (secondary N) is 1. The third-order valence-corrected chi connectivity index (χ3v) is 3.10. The van der Waals surface area contributed by atoms with Crippen LogP contribution in [0, 0.1) is 11.8 Å². The summed E-state index contributed by atoms with van der Waals surface area (Å²) < 4.78 is 0. The molecule has 0 amide bonds. The molecular formula is C13H15NO3. The van der Waals surface area contributed by atoms with E-state index in [4.69, 9.17) is 5.11 Å². The lowest BCUT2D eigenvalue weighted by Crippen LogP contribution is -2.08. The highest BCUT2D eigenvalue weighted by Gasteiger charge is 2.42. The van der Waals surface area contributed by atoms with Gasteiger partial charge in [0.05, 0.1) is 5.92 Å². The first kappa shape index (κ1) is 11.6. The molecule has 17 heavy (non-hydrogen) atoms. The van der Waals surface area contributed by atoms with Crippen LogP contribution in [0.1, 0.15) is 23.7 Å². The van der Waals surface area contributed by atoms with Crippen LogP contribution < -0.4 is 5.32 Å². The van der Waals surface area contributed by atoms with Gasteiger partial charge in [-0.2, -0.15) is 0 Å². The summed E-state index contributed by atoms with van der Waals surface area (Å²) in [6.45, 7) is 2.21. The Morgan fingerprint density at radius 3 is 2.47 bits per heavy atom. The number of Topliss-reactive ketones (excluding diaryl/α,β-unsaturated/α-hetero) is 1. The summed E-state index contributed by atoms with van der Waals surface area (Å²) in [5.41, 5.74) is 1.61. The van der Waals surface area contributed by atoms with E-state index in [1.807, 2.05) is 12.1 Å². The van der Waals surface area contributed by atoms with Crippen molar-refractivity contribution in [1.82, 2.24) is 0 Å². The fraction of sp³-hybridized carbons (Fsp3) is 0.385. The molecule has 4 heteroatoms. The molecule has 0 saturated heterocycles. The van der Waals surface area contributed by atoms with E-state index in [2.05, 4.69) is 5.32 Å². The predicted molar refractivity (Wildman–Crippen MR) is 64.2 cm³/mol. The van der Waals surface area contributed by atoms with E-state index < -0.39 is 5.97 Å². The van der Waals surface area contributed by atoms with Crippen molar-refractivity contribution in [3.63, 3.8) is 0 Å². The Morgan fingerprint density at radius 1 is 1.35 bits per heavy atom. The quantitative estimate of drug-likeness (QED) is 0.763. The van der Waals surface area contributed by atoms with Crippen molar-refractivity contribution in [2.75, 3.05) is 11.9 Å². The predicted octanol–water partition coefficient (Wildman–Crippen LogP) is 2.02. The van der Waals surface area contributed by atoms with E-state index in [0.29, 0.717) is 12.1 Å². The molecule has 0 aromatic heterocycles. The molecule has 2 unspecified atom stereocenters. The Balaban J connectivity index is 1.84. The SMILES string of the molecule is CC(=O)c1ccc(NCC2CC2C(=O)O)cc1. The summed E-state index contributed by atoms with van der Waals surface area (Å²) in [4.78, 5) is 21.7. The Hall–Kier alpha value is -1.84. The van der Waals surface area contributed by atoms with Gasteiger partial charge in [-0.3, -0.25) is 9.59 Å². The van der Waals surface area contributed by atoms with Crippen molar-refractivity contribution in [1.29, 1.82) is 0 Å². The van der Waals surface area contributed by atoms with Gasteiger partial charge >= 0.3 is 5.97 Å². The molecule has 1 saturated carbocycles. The van der Waals surface area contributed by atoms with Crippen LogP contribution >= 0.6 is 0 Å². The monoisotopic (exact) mass is 233 g/mol. The van der Waals surface area contributed by atoms with Gasteiger partial charge < -0.3 is 10.4 Å². The molecule has 1 aromatic carbocycles. The number of benzene rings is 1. The maximum absolute atomic E-state index is 11.1. The Kier molecular flexibility index (Phi) is 3.13. The minimum absolute atomic E-state index is 0.0460. The van der Waals surface area contributed by atoms with Gasteiger partial charge in [-0.05, 0) is 43.5 Å². The number of aliphatic carboxylic acids is 1. The van der Waals surface area contributed by atoms with Gasteiger partial charge in [0, 0.05) is 17.8 Å². The maximum Gasteiger partial charge on any atom is 0.306 e. The highest BCUT2D eigenvalue weighted by Crippen LogP contribution is 2.38. The van der Waals surface area contributed by atoms with Gasteiger partial charge in [0.1, 0.15) is 0 Å². The first-order valence-electron chi connectivity index (χ1n) is 5.65. The summed E-state index contributed by atoms with van der Waals surface area (Å²) >= 11 is 0. The van der Waals surface area contributed by atoms with Gasteiger partial charge in [0.15, 0.2) is 5.78 Å². The normalized spacial score (nSPS) is 21.9. The molecule has 2 N–H and O–H groups in total. The van der Waals surface area contributed by atoms with Crippen molar-refractivity contribution in [2.24, 2.45) is 11.8 Å². The molecule has 1 fully saturated rings. The largest absolute Gasteiger partial charge is 0.481 e. The molecule has 0 heterocycles. The van der Waals surface area contributed by atoms with Crippen LogP contribution in [0.5, 0.6) is 0 Å². The molecule has 0 spiro atoms. The van der Waals surface area contributed by atoms with E-state index in [0.717, 1.165) is 12.1 Å². The summed E-state index contributed by atoms with van der Waals surface area (Å²) in [6.07, 6.45) is 0.758. The molecule has 1 aromatic rings. The zero-order chi connectivity index (χ0) is 12.4. The Bertz CT molecular complexity index is 438. The number of ketones is 1. The van der Waals surface area contributed by atoms with Crippen molar-refractivity contribution in [3.05, 3.63) is 29.8 Å². The second-order valence-corrected chi connectivity index (χ2v) is 4.45. The number of carboxylic acids is 1. The number of carboxylic acid groups (broad SMARTS) is 1. The van der Waals surface area contributed by atoms with Crippen LogP contribution in [-0.4, -0.2) is 23.4 Å². The number of hydrogen-bond donors (Lipinski definition) is 2. The fourth-order valence-corrected chi connectivity index (χ4v) is 1.85. The minimum atomic E-state index is -0.705. The van der Waals surface area contributed by atoms with Crippen molar-refractivity contribution in [3.8, 4) is 0 Å². The second kappa shape index (κ2) is 4.57. The van der Waals surface area contributed by atoms with Crippen LogP contribution in [0.25, 0.3) is 0 Å². The molecule has 0 bridgehead atoms. The number of carbonyl (C=O) groups is 2. The van der Waals surface area contributed by atoms with E-state index in [9.17, 15) is 9.59 Å². The molecule has 4 nitrogen and oxygen atoms in total. The summed E-state index contributed by atoms with van der Waals surface area (Å²) in [6, 6.07) is 7.22. The standard InChI is InChI=1S/C13H15NO3/c1-8(15)9-2-4-11(5-3-9)14-7-10-6-12(10)13(16)17/h2-5,10,12,14H,6-7H2,1H3,(H,16,17). The molecule has 1 aliphatic carbocycles. The highest BCUT2D eigenvalue weighted by molar-refractivity contribution is 5.94. The molecule has 0 aliphatic heterocycles. The zero-order valence-electron chi connectivity index (χ0n) is 9.64. The van der Waals surface area contributed by atoms with Gasteiger partial charge in [-0.15, -0.1) is 0 Å². The van der Waals surface area contributed by atoms with Gasteiger partial charge in [0.25, 0.3) is 0 Å². The van der Waals surface area contributed by atoms with Crippen molar-refractivity contribution in [2.45, 2.75) is 13.3 Å². The van der Waals surface area contributed by atoms with E-state index >= 15 is 0 Å². The minimum Gasteiger partial charge on any atom is -0.481 e. The fourth-order valence-electron chi connectivity index (χ4n) is 1.85. The van der Waals surface area contributed by atoms with Crippen LogP contribution in [-0.2, 0) is 4.79 Å². The molecule has 2 atom stereocenters. The number of rotatable bonds is 5. The van der Waals surface area contributed by atoms with E-state index in [1.165, 1.54) is 6.92 Å². The maximum atomic E-state index is 11.1. The van der Waals surface area contributed by atoms with Crippen LogP contribution in [0.3, 0.4) is 0 Å². The van der Waals surface area contributed by atoms with E-state index in [1.54, 1.807) is 12.1 Å². The number of anilines is 1.